The fraction of sp³-hybridized carbons (Fsp3) is 0.771. The molecule has 2 bridgehead atoms. The van der Waals surface area contributed by atoms with Crippen LogP contribution in [0.25, 0.3) is 0 Å². The van der Waals surface area contributed by atoms with E-state index >= 15 is 0 Å². The first-order chi connectivity index (χ1) is 22.1. The van der Waals surface area contributed by atoms with E-state index in [0.717, 1.165) is 75.8 Å². The van der Waals surface area contributed by atoms with Crippen molar-refractivity contribution in [2.24, 2.45) is 5.92 Å². The molecule has 0 radical (unpaired) electrons. The molecular weight excluding hydrogens is 624 g/mol. The van der Waals surface area contributed by atoms with Crippen LogP contribution in [0, 0.1) is 5.92 Å². The lowest BCUT2D eigenvalue weighted by molar-refractivity contribution is -0.140. The monoisotopic (exact) mass is 680 g/mol. The first-order valence-corrected chi connectivity index (χ1v) is 19.1. The fourth-order valence-corrected chi connectivity index (χ4v) is 9.22. The zero-order valence-electron chi connectivity index (χ0n) is 28.4. The van der Waals surface area contributed by atoms with Crippen LogP contribution in [0.15, 0.2) is 24.3 Å². The smallest absolute Gasteiger partial charge is 0.305 e. The number of methoxy groups -OCH3 is 1. The van der Waals surface area contributed by atoms with Gasteiger partial charge in [-0.2, -0.15) is 0 Å². The van der Waals surface area contributed by atoms with Gasteiger partial charge in [0.1, 0.15) is 0 Å². The average Bonchev–Trinajstić information content (AvgIpc) is 3.50. The highest BCUT2D eigenvalue weighted by Gasteiger charge is 2.41. The number of hydrogen-bond acceptors (Lipinski definition) is 7. The van der Waals surface area contributed by atoms with Gasteiger partial charge in [0, 0.05) is 60.9 Å². The Labute approximate surface area is 284 Å². The number of fused-ring (bicyclic) bond motifs is 2. The molecule has 3 aliphatic heterocycles. The lowest BCUT2D eigenvalue weighted by Gasteiger charge is -2.42. The van der Waals surface area contributed by atoms with Crippen molar-refractivity contribution in [3.05, 3.63) is 34.9 Å². The Hall–Kier alpha value is -1.56. The molecule has 3 heterocycles. The number of amides is 1. The number of nitrogens with one attached hydrogen (secondary N) is 3. The van der Waals surface area contributed by atoms with Crippen LogP contribution in [-0.2, 0) is 30.0 Å². The van der Waals surface area contributed by atoms with Crippen molar-refractivity contribution in [3.63, 3.8) is 0 Å². The van der Waals surface area contributed by atoms with Gasteiger partial charge in [0.05, 0.1) is 29.7 Å². The van der Waals surface area contributed by atoms with Crippen LogP contribution < -0.4 is 16.0 Å². The number of carbonyl (C=O) groups excluding carboxylic acids is 2. The summed E-state index contributed by atoms with van der Waals surface area (Å²) < 4.78 is 24.8. The van der Waals surface area contributed by atoms with Gasteiger partial charge < -0.3 is 25.4 Å². The van der Waals surface area contributed by atoms with Crippen LogP contribution in [0.2, 0.25) is 5.02 Å². The third-order valence-electron chi connectivity index (χ3n) is 10.0. The Morgan fingerprint density at radius 1 is 1.15 bits per heavy atom. The van der Waals surface area contributed by atoms with Gasteiger partial charge in [0.2, 0.25) is 5.91 Å². The molecule has 260 valence electrons. The maximum atomic E-state index is 13.6. The minimum absolute atomic E-state index is 0.0232. The molecule has 7 atom stereocenters. The summed E-state index contributed by atoms with van der Waals surface area (Å²) in [5.74, 6) is 0.940. The number of ether oxygens (including phenoxy) is 2. The quantitative estimate of drug-likeness (QED) is 0.221. The van der Waals surface area contributed by atoms with E-state index in [1.165, 1.54) is 13.5 Å². The van der Waals surface area contributed by atoms with Crippen molar-refractivity contribution < 1.29 is 23.3 Å². The molecular formula is C35H57ClN4O5S. The second-order valence-electron chi connectivity index (χ2n) is 14.0. The lowest BCUT2D eigenvalue weighted by Crippen LogP contribution is -2.55. The number of rotatable bonds is 11. The van der Waals surface area contributed by atoms with Crippen molar-refractivity contribution in [3.8, 4) is 0 Å². The first kappa shape index (κ1) is 37.3. The van der Waals surface area contributed by atoms with Crippen LogP contribution >= 0.6 is 11.6 Å². The first-order valence-electron chi connectivity index (χ1n) is 17.5. The Morgan fingerprint density at radius 3 is 2.57 bits per heavy atom. The van der Waals surface area contributed by atoms with Crippen molar-refractivity contribution >= 4 is 34.5 Å². The SMILES string of the molecule is CCC1CN[C@@H]2CCCS(=O)N1C2.COC(=O)CCCNC(C(=O)NC1CCCC1)C(c1ccc(Cl)cc1)C1CCOC(C)(C)C1. The molecule has 1 aliphatic carbocycles. The van der Waals surface area contributed by atoms with Crippen molar-refractivity contribution in [1.82, 2.24) is 20.3 Å². The van der Waals surface area contributed by atoms with Gasteiger partial charge in [0.25, 0.3) is 0 Å². The minimum Gasteiger partial charge on any atom is -0.469 e. The molecule has 46 heavy (non-hydrogen) atoms. The van der Waals surface area contributed by atoms with Gasteiger partial charge in [-0.15, -0.1) is 0 Å². The number of benzene rings is 1. The zero-order valence-corrected chi connectivity index (χ0v) is 29.9. The van der Waals surface area contributed by atoms with Crippen LogP contribution in [0.1, 0.15) is 103 Å². The van der Waals surface area contributed by atoms with Gasteiger partial charge >= 0.3 is 5.97 Å². The maximum Gasteiger partial charge on any atom is 0.305 e. The largest absolute Gasteiger partial charge is 0.469 e. The summed E-state index contributed by atoms with van der Waals surface area (Å²) in [4.78, 5) is 25.2. The molecule has 4 aliphatic rings. The molecule has 1 saturated carbocycles. The summed E-state index contributed by atoms with van der Waals surface area (Å²) >= 11 is 6.19. The van der Waals surface area contributed by atoms with E-state index in [1.807, 2.05) is 24.3 Å². The Bertz CT molecular complexity index is 1130. The third kappa shape index (κ3) is 11.0. The normalized spacial score (nSPS) is 29.0. The van der Waals surface area contributed by atoms with Gasteiger partial charge in [-0.3, -0.25) is 9.59 Å². The Morgan fingerprint density at radius 2 is 1.89 bits per heavy atom. The summed E-state index contributed by atoms with van der Waals surface area (Å²) in [6, 6.07) is 8.82. The average molecular weight is 681 g/mol. The number of nitrogens with zero attached hydrogens (tertiary/aromatic N) is 1. The van der Waals surface area contributed by atoms with Crippen LogP contribution in [0.5, 0.6) is 0 Å². The van der Waals surface area contributed by atoms with Crippen LogP contribution in [0.3, 0.4) is 0 Å². The summed E-state index contributed by atoms with van der Waals surface area (Å²) in [6.45, 7) is 9.67. The van der Waals surface area contributed by atoms with E-state index in [0.29, 0.717) is 43.1 Å². The predicted molar refractivity (Wildman–Crippen MR) is 185 cm³/mol. The number of esters is 1. The number of piperazine rings is 1. The van der Waals surface area contributed by atoms with E-state index in [-0.39, 0.29) is 35.4 Å². The van der Waals surface area contributed by atoms with Gasteiger partial charge in [0.15, 0.2) is 0 Å². The number of hydrogen-bond donors (Lipinski definition) is 3. The summed E-state index contributed by atoms with van der Waals surface area (Å²) in [5, 5.41) is 11.0. The van der Waals surface area contributed by atoms with Crippen molar-refractivity contribution in [2.75, 3.05) is 39.1 Å². The number of carbonyl (C=O) groups is 2. The van der Waals surface area contributed by atoms with E-state index in [4.69, 9.17) is 21.1 Å². The van der Waals surface area contributed by atoms with Crippen molar-refractivity contribution in [2.45, 2.75) is 127 Å². The molecule has 9 nitrogen and oxygen atoms in total. The molecule has 11 heteroatoms. The maximum absolute atomic E-state index is 13.6. The topological polar surface area (TPSA) is 109 Å². The van der Waals surface area contributed by atoms with Gasteiger partial charge in [-0.05, 0) is 95.4 Å². The van der Waals surface area contributed by atoms with E-state index in [2.05, 4.69) is 41.0 Å². The molecule has 5 rings (SSSR count). The van der Waals surface area contributed by atoms with Crippen LogP contribution in [-0.4, -0.2) is 89.3 Å². The molecule has 0 aromatic heterocycles. The Kier molecular flexibility index (Phi) is 14.8. The molecule has 1 aromatic rings. The molecule has 1 amide bonds. The summed E-state index contributed by atoms with van der Waals surface area (Å²) in [7, 11) is 0.698. The highest BCUT2D eigenvalue weighted by molar-refractivity contribution is 7.82. The van der Waals surface area contributed by atoms with E-state index in [1.54, 1.807) is 0 Å². The van der Waals surface area contributed by atoms with Gasteiger partial charge in [-0.1, -0.05) is 43.5 Å². The molecule has 1 aromatic carbocycles. The second kappa shape index (κ2) is 18.3. The molecule has 3 N–H and O–H groups in total. The minimum atomic E-state index is -0.701. The standard InChI is InChI=1S/C26H39ClN2O4.C9H18N2OS/c1-26(2)17-19(14-16-33-26)23(18-10-12-20(27)13-11-18)24(28-15-6-9-22(30)32-3)25(31)29-21-7-4-5-8-21;1-2-9-6-10-8-4-3-5-13(12)11(9)7-8/h10-13,19,21,23-24,28H,4-9,14-17H2,1-3H3,(H,29,31);8-10H,2-7H2,1H3/t;8-,9?,13?/m.1/s1. The van der Waals surface area contributed by atoms with Crippen LogP contribution in [0.4, 0.5) is 0 Å². The van der Waals surface area contributed by atoms with Gasteiger partial charge in [-0.25, -0.2) is 8.51 Å². The van der Waals surface area contributed by atoms with Crippen molar-refractivity contribution in [1.29, 1.82) is 0 Å². The lowest BCUT2D eigenvalue weighted by atomic mass is 9.73. The molecule has 4 fully saturated rings. The fourth-order valence-electron chi connectivity index (χ4n) is 7.54. The Balaban J connectivity index is 0.000000305. The number of halogens is 1. The predicted octanol–water partition coefficient (Wildman–Crippen LogP) is 5.10. The highest BCUT2D eigenvalue weighted by atomic mass is 35.5. The third-order valence-corrected chi connectivity index (χ3v) is 11.9. The molecule has 3 saturated heterocycles. The second-order valence-corrected chi connectivity index (χ2v) is 15.9. The van der Waals surface area contributed by atoms with E-state index in [9.17, 15) is 13.8 Å². The zero-order chi connectivity index (χ0) is 33.1. The molecule has 0 spiro atoms. The highest BCUT2D eigenvalue weighted by Crippen LogP contribution is 2.40. The summed E-state index contributed by atoms with van der Waals surface area (Å²) in [5.41, 5.74) is 0.874. The summed E-state index contributed by atoms with van der Waals surface area (Å²) in [6.07, 6.45) is 10.5. The molecule has 6 unspecified atom stereocenters. The van der Waals surface area contributed by atoms with E-state index < -0.39 is 17.0 Å².